The summed E-state index contributed by atoms with van der Waals surface area (Å²) in [4.78, 5) is 41.6. The van der Waals surface area contributed by atoms with Crippen LogP contribution in [0.5, 0.6) is 0 Å². The van der Waals surface area contributed by atoms with E-state index in [9.17, 15) is 14.4 Å². The van der Waals surface area contributed by atoms with E-state index in [0.717, 1.165) is 12.0 Å². The lowest BCUT2D eigenvalue weighted by atomic mass is 10.0. The summed E-state index contributed by atoms with van der Waals surface area (Å²) < 4.78 is 0. The molecule has 128 valence electrons. The van der Waals surface area contributed by atoms with Crippen molar-refractivity contribution in [1.29, 1.82) is 0 Å². The lowest BCUT2D eigenvalue weighted by Gasteiger charge is -2.42. The molecule has 3 rings (SSSR count). The normalized spacial score (nSPS) is 21.3. The maximum absolute atomic E-state index is 12.8. The summed E-state index contributed by atoms with van der Waals surface area (Å²) >= 11 is 0. The average molecular weight is 329 g/mol. The number of amides is 3. The Labute approximate surface area is 142 Å². The number of rotatable bonds is 3. The Morgan fingerprint density at radius 1 is 1.12 bits per heavy atom. The lowest BCUT2D eigenvalue weighted by Crippen LogP contribution is -2.53. The summed E-state index contributed by atoms with van der Waals surface area (Å²) in [7, 11) is 0. The van der Waals surface area contributed by atoms with E-state index in [1.807, 2.05) is 35.2 Å². The molecule has 0 aliphatic carbocycles. The van der Waals surface area contributed by atoms with Crippen molar-refractivity contribution in [2.24, 2.45) is 0 Å². The zero-order valence-electron chi connectivity index (χ0n) is 14.0. The van der Waals surface area contributed by atoms with Gasteiger partial charge in [0.2, 0.25) is 17.7 Å². The lowest BCUT2D eigenvalue weighted by molar-refractivity contribution is -0.145. The van der Waals surface area contributed by atoms with Gasteiger partial charge in [-0.2, -0.15) is 0 Å². The molecule has 0 bridgehead atoms. The number of hydrogen-bond acceptors (Lipinski definition) is 3. The molecule has 2 heterocycles. The van der Waals surface area contributed by atoms with Crippen LogP contribution in [0.3, 0.4) is 0 Å². The van der Waals surface area contributed by atoms with Crippen LogP contribution in [-0.2, 0) is 14.4 Å². The van der Waals surface area contributed by atoms with E-state index in [2.05, 4.69) is 0 Å². The van der Waals surface area contributed by atoms with Crippen molar-refractivity contribution in [3.63, 3.8) is 0 Å². The van der Waals surface area contributed by atoms with Crippen LogP contribution in [-0.4, -0.2) is 65.1 Å². The molecule has 0 spiro atoms. The first-order valence-electron chi connectivity index (χ1n) is 8.44. The van der Waals surface area contributed by atoms with E-state index in [4.69, 9.17) is 0 Å². The van der Waals surface area contributed by atoms with Crippen molar-refractivity contribution in [3.05, 3.63) is 35.9 Å². The van der Waals surface area contributed by atoms with E-state index >= 15 is 0 Å². The molecule has 6 nitrogen and oxygen atoms in total. The van der Waals surface area contributed by atoms with Gasteiger partial charge in [-0.15, -0.1) is 0 Å². The third kappa shape index (κ3) is 3.42. The fourth-order valence-electron chi connectivity index (χ4n) is 3.45. The first-order valence-corrected chi connectivity index (χ1v) is 8.44. The minimum absolute atomic E-state index is 0.0257. The van der Waals surface area contributed by atoms with Crippen molar-refractivity contribution in [2.75, 3.05) is 32.7 Å². The predicted molar refractivity (Wildman–Crippen MR) is 89.0 cm³/mol. The summed E-state index contributed by atoms with van der Waals surface area (Å²) in [6, 6.07) is 9.62. The quantitative estimate of drug-likeness (QED) is 0.832. The summed E-state index contributed by atoms with van der Waals surface area (Å²) in [5.41, 5.74) is 1.02. The highest BCUT2D eigenvalue weighted by Crippen LogP contribution is 2.26. The summed E-state index contributed by atoms with van der Waals surface area (Å²) in [6.45, 7) is 3.90. The van der Waals surface area contributed by atoms with Crippen molar-refractivity contribution in [2.45, 2.75) is 25.8 Å². The van der Waals surface area contributed by atoms with Crippen LogP contribution in [0.25, 0.3) is 0 Å². The summed E-state index contributed by atoms with van der Waals surface area (Å²) in [5.74, 6) is 0.0436. The highest BCUT2D eigenvalue weighted by Gasteiger charge is 2.34. The molecule has 2 saturated heterocycles. The largest absolute Gasteiger partial charge is 0.339 e. The van der Waals surface area contributed by atoms with Crippen LogP contribution in [0.4, 0.5) is 0 Å². The standard InChI is InChI=1S/C18H23N3O3/c1-14(22)19-10-11-21(16(12-19)15-6-3-2-4-7-15)18(24)13-20-9-5-8-17(20)23/h2-4,6-7,16H,5,8-13H2,1H3. The Hall–Kier alpha value is -2.37. The van der Waals surface area contributed by atoms with Gasteiger partial charge in [0.1, 0.15) is 0 Å². The number of carbonyl (C=O) groups excluding carboxylic acids is 3. The van der Waals surface area contributed by atoms with E-state index in [1.54, 1.807) is 16.7 Å². The molecule has 1 unspecified atom stereocenters. The van der Waals surface area contributed by atoms with E-state index < -0.39 is 0 Å². The highest BCUT2D eigenvalue weighted by atomic mass is 16.2. The highest BCUT2D eigenvalue weighted by molar-refractivity contribution is 5.86. The molecule has 2 aliphatic rings. The second kappa shape index (κ2) is 7.03. The van der Waals surface area contributed by atoms with Crippen LogP contribution in [0.1, 0.15) is 31.4 Å². The van der Waals surface area contributed by atoms with Crippen molar-refractivity contribution in [3.8, 4) is 0 Å². The molecule has 2 fully saturated rings. The Morgan fingerprint density at radius 3 is 2.50 bits per heavy atom. The van der Waals surface area contributed by atoms with Gasteiger partial charge in [0.25, 0.3) is 0 Å². The van der Waals surface area contributed by atoms with Crippen LogP contribution in [0.15, 0.2) is 30.3 Å². The molecule has 2 aliphatic heterocycles. The molecular weight excluding hydrogens is 306 g/mol. The number of carbonyl (C=O) groups is 3. The maximum Gasteiger partial charge on any atom is 0.242 e. The van der Waals surface area contributed by atoms with Gasteiger partial charge in [-0.25, -0.2) is 0 Å². The Morgan fingerprint density at radius 2 is 1.88 bits per heavy atom. The first kappa shape index (κ1) is 16.5. The molecule has 0 aromatic heterocycles. The third-order valence-corrected chi connectivity index (χ3v) is 4.83. The second-order valence-corrected chi connectivity index (χ2v) is 6.40. The van der Waals surface area contributed by atoms with Gasteiger partial charge >= 0.3 is 0 Å². The number of nitrogens with zero attached hydrogens (tertiary/aromatic N) is 3. The second-order valence-electron chi connectivity index (χ2n) is 6.40. The van der Waals surface area contributed by atoms with Gasteiger partial charge in [-0.1, -0.05) is 30.3 Å². The van der Waals surface area contributed by atoms with Gasteiger partial charge in [-0.05, 0) is 12.0 Å². The summed E-state index contributed by atoms with van der Waals surface area (Å²) in [6.07, 6.45) is 1.36. The Balaban J connectivity index is 1.77. The number of benzene rings is 1. The molecule has 0 N–H and O–H groups in total. The molecule has 1 aromatic carbocycles. The number of piperazine rings is 1. The molecular formula is C18H23N3O3. The van der Waals surface area contributed by atoms with Gasteiger partial charge < -0.3 is 14.7 Å². The van der Waals surface area contributed by atoms with Gasteiger partial charge in [0, 0.05) is 39.5 Å². The number of hydrogen-bond donors (Lipinski definition) is 0. The van der Waals surface area contributed by atoms with E-state index in [0.29, 0.717) is 32.6 Å². The van der Waals surface area contributed by atoms with Crippen molar-refractivity contribution >= 4 is 17.7 Å². The van der Waals surface area contributed by atoms with Crippen LogP contribution < -0.4 is 0 Å². The summed E-state index contributed by atoms with van der Waals surface area (Å²) in [5, 5.41) is 0. The maximum atomic E-state index is 12.8. The SMILES string of the molecule is CC(=O)N1CCN(C(=O)CN2CCCC2=O)C(c2ccccc2)C1. The smallest absolute Gasteiger partial charge is 0.242 e. The molecule has 24 heavy (non-hydrogen) atoms. The predicted octanol–water partition coefficient (Wildman–Crippen LogP) is 1.04. The van der Waals surface area contributed by atoms with Gasteiger partial charge in [0.15, 0.2) is 0 Å². The molecule has 0 saturated carbocycles. The molecule has 0 radical (unpaired) electrons. The fraction of sp³-hybridized carbons (Fsp3) is 0.500. The zero-order chi connectivity index (χ0) is 17.1. The van der Waals surface area contributed by atoms with Gasteiger partial charge in [0.05, 0.1) is 12.6 Å². The molecule has 6 heteroatoms. The van der Waals surface area contributed by atoms with Gasteiger partial charge in [-0.3, -0.25) is 14.4 Å². The van der Waals surface area contributed by atoms with Crippen molar-refractivity contribution in [1.82, 2.24) is 14.7 Å². The van der Waals surface area contributed by atoms with Crippen molar-refractivity contribution < 1.29 is 14.4 Å². The Kier molecular flexibility index (Phi) is 4.83. The van der Waals surface area contributed by atoms with E-state index in [1.165, 1.54) is 0 Å². The average Bonchev–Trinajstić information content (AvgIpc) is 3.00. The topological polar surface area (TPSA) is 60.9 Å². The zero-order valence-corrected chi connectivity index (χ0v) is 14.0. The van der Waals surface area contributed by atoms with Crippen LogP contribution in [0.2, 0.25) is 0 Å². The number of likely N-dealkylation sites (tertiary alicyclic amines) is 1. The fourth-order valence-corrected chi connectivity index (χ4v) is 3.45. The molecule has 1 aromatic rings. The minimum Gasteiger partial charge on any atom is -0.339 e. The first-order chi connectivity index (χ1) is 11.6. The Bertz CT molecular complexity index is 632. The van der Waals surface area contributed by atoms with Crippen LogP contribution in [0, 0.1) is 0 Å². The monoisotopic (exact) mass is 329 g/mol. The van der Waals surface area contributed by atoms with Crippen LogP contribution >= 0.6 is 0 Å². The molecule has 3 amide bonds. The minimum atomic E-state index is -0.158. The molecule has 1 atom stereocenters. The van der Waals surface area contributed by atoms with E-state index in [-0.39, 0.29) is 30.3 Å². The third-order valence-electron chi connectivity index (χ3n) is 4.83.